The Morgan fingerprint density at radius 1 is 1.11 bits per heavy atom. The van der Waals surface area contributed by atoms with Crippen molar-refractivity contribution in [2.45, 2.75) is 104 Å². The first kappa shape index (κ1) is 21.9. The first-order valence-electron chi connectivity index (χ1n) is 12.1. The molecule has 5 atom stereocenters. The average molecular weight is 385 g/mol. The van der Waals surface area contributed by atoms with Gasteiger partial charge in [-0.1, -0.05) is 76.8 Å². The third kappa shape index (κ3) is 4.84. The van der Waals surface area contributed by atoms with Crippen molar-refractivity contribution in [2.75, 3.05) is 0 Å². The van der Waals surface area contributed by atoms with Gasteiger partial charge in [-0.2, -0.15) is 0 Å². The van der Waals surface area contributed by atoms with Crippen LogP contribution in [-0.4, -0.2) is 11.2 Å². The van der Waals surface area contributed by atoms with Gasteiger partial charge in [-0.05, 0) is 86.0 Å². The highest BCUT2D eigenvalue weighted by atomic mass is 16.3. The summed E-state index contributed by atoms with van der Waals surface area (Å²) in [5, 5.41) is 10.0. The van der Waals surface area contributed by atoms with Crippen molar-refractivity contribution in [3.8, 4) is 0 Å². The second kappa shape index (κ2) is 9.33. The van der Waals surface area contributed by atoms with E-state index in [2.05, 4.69) is 46.4 Å². The summed E-state index contributed by atoms with van der Waals surface area (Å²) in [7, 11) is 0. The fraction of sp³-hybridized carbons (Fsp3) is 0.778. The highest BCUT2D eigenvalue weighted by Gasteiger charge is 2.50. The minimum atomic E-state index is -0.172. The van der Waals surface area contributed by atoms with Crippen LogP contribution in [0.4, 0.5) is 0 Å². The van der Waals surface area contributed by atoms with Crippen molar-refractivity contribution >= 4 is 0 Å². The van der Waals surface area contributed by atoms with Gasteiger partial charge in [-0.25, -0.2) is 0 Å². The summed E-state index contributed by atoms with van der Waals surface area (Å²) in [5.41, 5.74) is 4.72. The molecule has 3 aliphatic carbocycles. The standard InChI is InChI=1S/C27H44O/c1-19(2)8-6-9-21(4)25-15-16-26-22(10-7-17-27(25,26)5)12-13-23-18-24(28)14-11-20(23)3/h12-13,19,21,24-26,28H,3,6-11,14-18H2,1-2,4-5H3/b22-12+,23-13-/t21-,24+,25-,26+,27+/m1/s1. The molecule has 1 heteroatoms. The second-order valence-electron chi connectivity index (χ2n) is 10.8. The second-order valence-corrected chi connectivity index (χ2v) is 10.8. The minimum Gasteiger partial charge on any atom is -0.393 e. The van der Waals surface area contributed by atoms with Crippen molar-refractivity contribution in [2.24, 2.45) is 29.1 Å². The van der Waals surface area contributed by atoms with E-state index in [1.807, 2.05) is 0 Å². The van der Waals surface area contributed by atoms with Crippen LogP contribution in [0.5, 0.6) is 0 Å². The first-order chi connectivity index (χ1) is 13.3. The Morgan fingerprint density at radius 3 is 2.64 bits per heavy atom. The fourth-order valence-corrected chi connectivity index (χ4v) is 6.66. The number of rotatable bonds is 6. The van der Waals surface area contributed by atoms with Gasteiger partial charge in [0.05, 0.1) is 6.10 Å². The van der Waals surface area contributed by atoms with Crippen molar-refractivity contribution in [1.29, 1.82) is 0 Å². The Labute approximate surface area is 174 Å². The molecule has 3 rings (SSSR count). The van der Waals surface area contributed by atoms with Crippen LogP contribution in [0, 0.1) is 29.1 Å². The molecule has 3 aliphatic rings. The maximum Gasteiger partial charge on any atom is 0.0583 e. The lowest BCUT2D eigenvalue weighted by Gasteiger charge is -2.44. The molecule has 0 saturated heterocycles. The Bertz CT molecular complexity index is 610. The number of aliphatic hydroxyl groups excluding tert-OH is 1. The van der Waals surface area contributed by atoms with E-state index >= 15 is 0 Å². The lowest BCUT2D eigenvalue weighted by Crippen LogP contribution is -2.36. The topological polar surface area (TPSA) is 20.2 Å². The van der Waals surface area contributed by atoms with Crippen LogP contribution in [0.25, 0.3) is 0 Å². The summed E-state index contributed by atoms with van der Waals surface area (Å²) in [5.74, 6) is 3.37. The number of aliphatic hydroxyl groups is 1. The summed E-state index contributed by atoms with van der Waals surface area (Å²) in [6, 6.07) is 0. The maximum absolute atomic E-state index is 10.0. The largest absolute Gasteiger partial charge is 0.393 e. The molecule has 0 heterocycles. The van der Waals surface area contributed by atoms with E-state index in [9.17, 15) is 5.11 Å². The van der Waals surface area contributed by atoms with Crippen molar-refractivity contribution in [1.82, 2.24) is 0 Å². The summed E-state index contributed by atoms with van der Waals surface area (Å²) >= 11 is 0. The molecule has 1 nitrogen and oxygen atoms in total. The molecule has 3 saturated carbocycles. The molecule has 158 valence electrons. The number of hydrogen-bond donors (Lipinski definition) is 1. The minimum absolute atomic E-state index is 0.172. The van der Waals surface area contributed by atoms with Crippen molar-refractivity contribution < 1.29 is 5.11 Å². The third-order valence-corrected chi connectivity index (χ3v) is 8.35. The first-order valence-corrected chi connectivity index (χ1v) is 12.1. The lowest BCUT2D eigenvalue weighted by molar-refractivity contribution is 0.0929. The Hall–Kier alpha value is -0.820. The molecular weight excluding hydrogens is 340 g/mol. The van der Waals surface area contributed by atoms with Gasteiger partial charge in [0.2, 0.25) is 0 Å². The molecule has 3 fully saturated rings. The molecule has 0 radical (unpaired) electrons. The SMILES string of the molecule is C=C1CC[C@H](O)C/C1=C/C=C1\CCC[C@@]2(C)[C@@H]([C@H](C)CCCC(C)C)CC[C@@H]12. The zero-order valence-electron chi connectivity index (χ0n) is 19.0. The van der Waals surface area contributed by atoms with Crippen LogP contribution in [-0.2, 0) is 0 Å². The van der Waals surface area contributed by atoms with Gasteiger partial charge in [0, 0.05) is 0 Å². The summed E-state index contributed by atoms with van der Waals surface area (Å²) in [6.45, 7) is 14.1. The molecule has 0 amide bonds. The molecular formula is C27H44O. The highest BCUT2D eigenvalue weighted by Crippen LogP contribution is 2.59. The maximum atomic E-state index is 10.0. The Kier molecular flexibility index (Phi) is 7.29. The van der Waals surface area contributed by atoms with E-state index in [1.54, 1.807) is 5.57 Å². The van der Waals surface area contributed by atoms with Crippen LogP contribution >= 0.6 is 0 Å². The lowest BCUT2D eigenvalue weighted by atomic mass is 9.60. The van der Waals surface area contributed by atoms with Gasteiger partial charge in [-0.15, -0.1) is 0 Å². The molecule has 28 heavy (non-hydrogen) atoms. The summed E-state index contributed by atoms with van der Waals surface area (Å²) in [4.78, 5) is 0. The third-order valence-electron chi connectivity index (χ3n) is 8.35. The van der Waals surface area contributed by atoms with E-state index in [0.29, 0.717) is 5.41 Å². The summed E-state index contributed by atoms with van der Waals surface area (Å²) < 4.78 is 0. The molecule has 0 bridgehead atoms. The number of allylic oxidation sites excluding steroid dienone is 4. The molecule has 0 aromatic rings. The van der Waals surface area contributed by atoms with Crippen LogP contribution in [0.1, 0.15) is 98.3 Å². The van der Waals surface area contributed by atoms with Gasteiger partial charge in [0.15, 0.2) is 0 Å². The molecule has 0 aromatic heterocycles. The normalized spacial score (nSPS) is 37.6. The van der Waals surface area contributed by atoms with E-state index in [4.69, 9.17) is 0 Å². The predicted octanol–water partition coefficient (Wildman–Crippen LogP) is 7.62. The molecule has 0 aromatic carbocycles. The Balaban J connectivity index is 1.70. The van der Waals surface area contributed by atoms with E-state index in [-0.39, 0.29) is 6.10 Å². The Morgan fingerprint density at radius 2 is 1.89 bits per heavy atom. The van der Waals surface area contributed by atoms with Gasteiger partial charge in [0.1, 0.15) is 0 Å². The molecule has 1 N–H and O–H groups in total. The number of fused-ring (bicyclic) bond motifs is 1. The average Bonchev–Trinajstić information content (AvgIpc) is 2.99. The van der Waals surface area contributed by atoms with Crippen LogP contribution < -0.4 is 0 Å². The van der Waals surface area contributed by atoms with E-state index < -0.39 is 0 Å². The van der Waals surface area contributed by atoms with Crippen molar-refractivity contribution in [3.05, 3.63) is 35.5 Å². The van der Waals surface area contributed by atoms with Crippen LogP contribution in [0.15, 0.2) is 35.5 Å². The monoisotopic (exact) mass is 384 g/mol. The molecule has 0 aliphatic heterocycles. The zero-order chi connectivity index (χ0) is 20.3. The van der Waals surface area contributed by atoms with E-state index in [1.165, 1.54) is 62.5 Å². The van der Waals surface area contributed by atoms with Gasteiger partial charge in [-0.3, -0.25) is 0 Å². The molecule has 0 spiro atoms. The molecule has 0 unspecified atom stereocenters. The van der Waals surface area contributed by atoms with Crippen molar-refractivity contribution in [3.63, 3.8) is 0 Å². The van der Waals surface area contributed by atoms with Gasteiger partial charge in [0.25, 0.3) is 0 Å². The van der Waals surface area contributed by atoms with E-state index in [0.717, 1.165) is 42.9 Å². The van der Waals surface area contributed by atoms with Crippen LogP contribution in [0.3, 0.4) is 0 Å². The predicted molar refractivity (Wildman–Crippen MR) is 121 cm³/mol. The fourth-order valence-electron chi connectivity index (χ4n) is 6.66. The highest BCUT2D eigenvalue weighted by molar-refractivity contribution is 5.36. The zero-order valence-corrected chi connectivity index (χ0v) is 19.0. The van der Waals surface area contributed by atoms with Gasteiger partial charge >= 0.3 is 0 Å². The van der Waals surface area contributed by atoms with Crippen LogP contribution in [0.2, 0.25) is 0 Å². The smallest absolute Gasteiger partial charge is 0.0583 e. The van der Waals surface area contributed by atoms with Gasteiger partial charge < -0.3 is 5.11 Å². The quantitative estimate of drug-likeness (QED) is 0.499. The number of hydrogen-bond acceptors (Lipinski definition) is 1. The summed E-state index contributed by atoms with van der Waals surface area (Å²) in [6.07, 6.45) is 18.2.